The highest BCUT2D eigenvalue weighted by molar-refractivity contribution is 4.84. The molecular formula is C10H19NO. The fraction of sp³-hybridized carbons (Fsp3) is 0.800. The molecule has 0 aromatic rings. The summed E-state index contributed by atoms with van der Waals surface area (Å²) in [6, 6.07) is 0. The zero-order valence-electron chi connectivity index (χ0n) is 8.26. The number of rotatable bonds is 0. The Balaban J connectivity index is 2.51. The Morgan fingerprint density at radius 3 is 2.83 bits per heavy atom. The van der Waals surface area contributed by atoms with Gasteiger partial charge in [-0.25, -0.2) is 0 Å². The lowest BCUT2D eigenvalue weighted by Crippen LogP contribution is -2.38. The van der Waals surface area contributed by atoms with Crippen molar-refractivity contribution >= 4 is 0 Å². The zero-order chi connectivity index (χ0) is 9.03. The van der Waals surface area contributed by atoms with Crippen LogP contribution in [0.25, 0.3) is 0 Å². The third-order valence-electron chi connectivity index (χ3n) is 2.12. The van der Waals surface area contributed by atoms with Crippen LogP contribution in [0.3, 0.4) is 0 Å². The van der Waals surface area contributed by atoms with Crippen LogP contribution in [-0.4, -0.2) is 19.2 Å². The van der Waals surface area contributed by atoms with Gasteiger partial charge in [-0.2, -0.15) is 0 Å². The number of hydrogen-bond donors (Lipinski definition) is 1. The highest BCUT2D eigenvalue weighted by Crippen LogP contribution is 2.22. The Hall–Kier alpha value is -0.500. The van der Waals surface area contributed by atoms with Crippen molar-refractivity contribution in [1.82, 2.24) is 5.32 Å². The molecule has 2 heteroatoms. The molecule has 0 amide bonds. The fourth-order valence-electron chi connectivity index (χ4n) is 1.20. The molecule has 0 aliphatic carbocycles. The lowest BCUT2D eigenvalue weighted by Gasteiger charge is -2.30. The molecule has 1 N–H and O–H groups in total. The molecule has 70 valence electrons. The minimum absolute atomic E-state index is 0.217. The van der Waals surface area contributed by atoms with Crippen LogP contribution in [0, 0.1) is 5.41 Å². The van der Waals surface area contributed by atoms with Crippen molar-refractivity contribution in [1.29, 1.82) is 0 Å². The molecule has 1 aliphatic heterocycles. The smallest absolute Gasteiger partial charge is 0.115 e. The van der Waals surface area contributed by atoms with Crippen molar-refractivity contribution in [2.75, 3.05) is 13.1 Å². The highest BCUT2D eigenvalue weighted by atomic mass is 16.5. The van der Waals surface area contributed by atoms with Crippen molar-refractivity contribution < 1.29 is 4.74 Å². The first kappa shape index (κ1) is 9.59. The Morgan fingerprint density at radius 2 is 2.17 bits per heavy atom. The van der Waals surface area contributed by atoms with Gasteiger partial charge in [0, 0.05) is 12.0 Å². The number of ether oxygens (including phenoxy) is 1. The van der Waals surface area contributed by atoms with Gasteiger partial charge in [-0.3, -0.25) is 0 Å². The van der Waals surface area contributed by atoms with Gasteiger partial charge in [0.1, 0.15) is 6.10 Å². The van der Waals surface area contributed by atoms with Crippen LogP contribution in [0.1, 0.15) is 27.2 Å². The molecule has 12 heavy (non-hydrogen) atoms. The minimum Gasteiger partial charge on any atom is -0.496 e. The second-order valence-corrected chi connectivity index (χ2v) is 4.36. The monoisotopic (exact) mass is 169 g/mol. The number of nitrogens with one attached hydrogen (secondary N) is 1. The molecule has 0 aromatic heterocycles. The second kappa shape index (κ2) is 3.94. The van der Waals surface area contributed by atoms with Crippen LogP contribution in [0.2, 0.25) is 0 Å². The summed E-state index contributed by atoms with van der Waals surface area (Å²) >= 11 is 0. The van der Waals surface area contributed by atoms with Gasteiger partial charge in [0.25, 0.3) is 0 Å². The predicted octanol–water partition coefficient (Wildman–Crippen LogP) is 1.92. The summed E-state index contributed by atoms with van der Waals surface area (Å²) < 4.78 is 5.60. The predicted molar refractivity (Wildman–Crippen MR) is 51.0 cm³/mol. The third-order valence-corrected chi connectivity index (χ3v) is 2.12. The maximum Gasteiger partial charge on any atom is 0.115 e. The Labute approximate surface area is 75.0 Å². The van der Waals surface area contributed by atoms with E-state index in [4.69, 9.17) is 4.74 Å². The Bertz CT molecular complexity index is 158. The topological polar surface area (TPSA) is 21.3 Å². The van der Waals surface area contributed by atoms with Crippen LogP contribution >= 0.6 is 0 Å². The van der Waals surface area contributed by atoms with Gasteiger partial charge in [-0.05, 0) is 19.0 Å². The average molecular weight is 169 g/mol. The van der Waals surface area contributed by atoms with Gasteiger partial charge in [0.2, 0.25) is 0 Å². The van der Waals surface area contributed by atoms with Crippen LogP contribution in [0.15, 0.2) is 12.3 Å². The van der Waals surface area contributed by atoms with Crippen LogP contribution in [0.5, 0.6) is 0 Å². The van der Waals surface area contributed by atoms with Crippen molar-refractivity contribution in [3.63, 3.8) is 0 Å². The normalized spacial score (nSPS) is 28.4. The van der Waals surface area contributed by atoms with Gasteiger partial charge >= 0.3 is 0 Å². The molecule has 0 spiro atoms. The molecule has 0 saturated carbocycles. The number of hydrogen-bond acceptors (Lipinski definition) is 2. The van der Waals surface area contributed by atoms with E-state index in [1.54, 1.807) is 0 Å². The standard InChI is InChI=1S/C10H19NO/c1-10(2,3)9-8-11-6-4-5-7-12-9/h5,7,9,11H,4,6,8H2,1-3H3/b7-5-. The van der Waals surface area contributed by atoms with E-state index in [-0.39, 0.29) is 11.5 Å². The zero-order valence-corrected chi connectivity index (χ0v) is 8.26. The average Bonchev–Trinajstić information content (AvgIpc) is 1.81. The van der Waals surface area contributed by atoms with Gasteiger partial charge in [-0.1, -0.05) is 20.8 Å². The molecule has 1 aliphatic rings. The van der Waals surface area contributed by atoms with Crippen molar-refractivity contribution in [2.24, 2.45) is 5.41 Å². The molecule has 1 unspecified atom stereocenters. The van der Waals surface area contributed by atoms with Crippen LogP contribution in [-0.2, 0) is 4.74 Å². The Kier molecular flexibility index (Phi) is 3.15. The molecule has 2 nitrogen and oxygen atoms in total. The lowest BCUT2D eigenvalue weighted by atomic mass is 9.89. The van der Waals surface area contributed by atoms with Crippen LogP contribution in [0.4, 0.5) is 0 Å². The summed E-state index contributed by atoms with van der Waals surface area (Å²) in [5.41, 5.74) is 0.217. The summed E-state index contributed by atoms with van der Waals surface area (Å²) in [5, 5.41) is 3.37. The largest absolute Gasteiger partial charge is 0.496 e. The lowest BCUT2D eigenvalue weighted by molar-refractivity contribution is 0.0437. The van der Waals surface area contributed by atoms with E-state index >= 15 is 0 Å². The molecule has 0 bridgehead atoms. The molecule has 0 aromatic carbocycles. The summed E-state index contributed by atoms with van der Waals surface area (Å²) in [7, 11) is 0. The van der Waals surface area contributed by atoms with Crippen LogP contribution < -0.4 is 5.32 Å². The molecule has 0 radical (unpaired) electrons. The van der Waals surface area contributed by atoms with E-state index in [9.17, 15) is 0 Å². The molecule has 1 heterocycles. The van der Waals surface area contributed by atoms with E-state index in [0.29, 0.717) is 0 Å². The fourth-order valence-corrected chi connectivity index (χ4v) is 1.20. The molecular weight excluding hydrogens is 150 g/mol. The quantitative estimate of drug-likeness (QED) is 0.598. The maximum absolute atomic E-state index is 5.60. The van der Waals surface area contributed by atoms with E-state index in [1.807, 2.05) is 6.26 Å². The molecule has 0 fully saturated rings. The summed E-state index contributed by atoms with van der Waals surface area (Å²) in [4.78, 5) is 0. The summed E-state index contributed by atoms with van der Waals surface area (Å²) in [6.45, 7) is 8.62. The third kappa shape index (κ3) is 2.86. The molecule has 1 atom stereocenters. The first-order valence-corrected chi connectivity index (χ1v) is 4.62. The summed E-state index contributed by atoms with van der Waals surface area (Å²) in [5.74, 6) is 0. The van der Waals surface area contributed by atoms with Gasteiger partial charge < -0.3 is 10.1 Å². The van der Waals surface area contributed by atoms with E-state index < -0.39 is 0 Å². The second-order valence-electron chi connectivity index (χ2n) is 4.36. The van der Waals surface area contributed by atoms with Gasteiger partial charge in [0.05, 0.1) is 6.26 Å². The first-order chi connectivity index (χ1) is 5.61. The van der Waals surface area contributed by atoms with Gasteiger partial charge in [0.15, 0.2) is 0 Å². The minimum atomic E-state index is 0.217. The van der Waals surface area contributed by atoms with E-state index in [0.717, 1.165) is 19.5 Å². The highest BCUT2D eigenvalue weighted by Gasteiger charge is 2.25. The summed E-state index contributed by atoms with van der Waals surface area (Å²) in [6.07, 6.45) is 5.27. The van der Waals surface area contributed by atoms with Crippen molar-refractivity contribution in [2.45, 2.75) is 33.3 Å². The van der Waals surface area contributed by atoms with Crippen molar-refractivity contribution in [3.05, 3.63) is 12.3 Å². The molecule has 0 saturated heterocycles. The molecule has 1 rings (SSSR count). The van der Waals surface area contributed by atoms with Crippen molar-refractivity contribution in [3.8, 4) is 0 Å². The van der Waals surface area contributed by atoms with E-state index in [2.05, 4.69) is 32.2 Å². The van der Waals surface area contributed by atoms with Gasteiger partial charge in [-0.15, -0.1) is 0 Å². The SMILES string of the molecule is CC(C)(C)C1CNCC/C=C\O1. The maximum atomic E-state index is 5.60. The first-order valence-electron chi connectivity index (χ1n) is 4.62. The van der Waals surface area contributed by atoms with E-state index in [1.165, 1.54) is 0 Å². The Morgan fingerprint density at radius 1 is 1.42 bits per heavy atom.